The maximum Gasteiger partial charge on any atom is 0.120 e. The van der Waals surface area contributed by atoms with Crippen LogP contribution < -0.4 is 0 Å². The molecule has 2 heteroatoms. The van der Waals surface area contributed by atoms with Crippen molar-refractivity contribution in [2.24, 2.45) is 0 Å². The van der Waals surface area contributed by atoms with E-state index in [1.54, 1.807) is 6.07 Å². The lowest BCUT2D eigenvalue weighted by molar-refractivity contribution is 0.469. The van der Waals surface area contributed by atoms with Gasteiger partial charge in [-0.2, -0.15) is 0 Å². The first-order valence-corrected chi connectivity index (χ1v) is 4.52. The van der Waals surface area contributed by atoms with Gasteiger partial charge in [-0.15, -0.1) is 0 Å². The SMILES string of the molecule is CCc1cc2cc(C)[nH]c2cc1O. The standard InChI is InChI=1S/C11H13NO/c1-3-8-5-9-4-7(2)12-10(9)6-11(8)13/h4-6,12-13H,3H2,1-2H3. The van der Waals surface area contributed by atoms with Crippen molar-refractivity contribution in [1.29, 1.82) is 0 Å². The highest BCUT2D eigenvalue weighted by molar-refractivity contribution is 5.82. The minimum atomic E-state index is 0.386. The van der Waals surface area contributed by atoms with Gasteiger partial charge in [-0.1, -0.05) is 6.92 Å². The number of phenols is 1. The molecule has 0 fully saturated rings. The molecule has 1 aromatic carbocycles. The number of aromatic hydroxyl groups is 1. The molecule has 0 atom stereocenters. The van der Waals surface area contributed by atoms with Crippen LogP contribution in [0.25, 0.3) is 10.9 Å². The van der Waals surface area contributed by atoms with Crippen LogP contribution in [0.4, 0.5) is 0 Å². The molecule has 0 radical (unpaired) electrons. The van der Waals surface area contributed by atoms with Crippen LogP contribution in [0.3, 0.4) is 0 Å². The van der Waals surface area contributed by atoms with Crippen LogP contribution in [0.15, 0.2) is 18.2 Å². The number of phenolic OH excluding ortho intramolecular Hbond substituents is 1. The summed E-state index contributed by atoms with van der Waals surface area (Å²) in [5.41, 5.74) is 3.14. The fraction of sp³-hybridized carbons (Fsp3) is 0.273. The summed E-state index contributed by atoms with van der Waals surface area (Å²) in [6.07, 6.45) is 0.867. The molecular weight excluding hydrogens is 162 g/mol. The van der Waals surface area contributed by atoms with E-state index in [1.165, 1.54) is 5.39 Å². The van der Waals surface area contributed by atoms with E-state index in [4.69, 9.17) is 0 Å². The molecule has 2 nitrogen and oxygen atoms in total. The van der Waals surface area contributed by atoms with E-state index in [0.29, 0.717) is 5.75 Å². The van der Waals surface area contributed by atoms with Gasteiger partial charge < -0.3 is 10.1 Å². The maximum absolute atomic E-state index is 9.60. The van der Waals surface area contributed by atoms with Gasteiger partial charge in [0, 0.05) is 22.7 Å². The summed E-state index contributed by atoms with van der Waals surface area (Å²) in [5.74, 6) is 0.386. The molecule has 0 aliphatic rings. The molecule has 2 rings (SSSR count). The maximum atomic E-state index is 9.60. The molecule has 0 saturated carbocycles. The molecule has 0 aliphatic carbocycles. The van der Waals surface area contributed by atoms with E-state index in [0.717, 1.165) is 23.2 Å². The van der Waals surface area contributed by atoms with E-state index < -0.39 is 0 Å². The number of nitrogens with one attached hydrogen (secondary N) is 1. The molecule has 0 bridgehead atoms. The smallest absolute Gasteiger partial charge is 0.120 e. The minimum absolute atomic E-state index is 0.386. The molecule has 2 N–H and O–H groups in total. The Hall–Kier alpha value is -1.44. The average molecular weight is 175 g/mol. The van der Waals surface area contributed by atoms with Crippen LogP contribution in [-0.2, 0) is 6.42 Å². The van der Waals surface area contributed by atoms with E-state index in [-0.39, 0.29) is 0 Å². The monoisotopic (exact) mass is 175 g/mol. The first-order valence-electron chi connectivity index (χ1n) is 4.52. The lowest BCUT2D eigenvalue weighted by Crippen LogP contribution is -1.80. The zero-order chi connectivity index (χ0) is 9.42. The third kappa shape index (κ3) is 1.28. The van der Waals surface area contributed by atoms with Crippen LogP contribution in [0.2, 0.25) is 0 Å². The Morgan fingerprint density at radius 3 is 2.77 bits per heavy atom. The highest BCUT2D eigenvalue weighted by Gasteiger charge is 2.03. The van der Waals surface area contributed by atoms with Crippen molar-refractivity contribution in [3.63, 3.8) is 0 Å². The quantitative estimate of drug-likeness (QED) is 0.686. The summed E-state index contributed by atoms with van der Waals surface area (Å²) in [5, 5.41) is 10.8. The molecule has 0 aliphatic heterocycles. The second-order valence-corrected chi connectivity index (χ2v) is 3.37. The van der Waals surface area contributed by atoms with Gasteiger partial charge in [0.15, 0.2) is 0 Å². The molecule has 0 spiro atoms. The van der Waals surface area contributed by atoms with Gasteiger partial charge in [-0.25, -0.2) is 0 Å². The van der Waals surface area contributed by atoms with Gasteiger partial charge in [-0.05, 0) is 31.0 Å². The van der Waals surface area contributed by atoms with E-state index in [2.05, 4.69) is 11.1 Å². The topological polar surface area (TPSA) is 36.0 Å². The van der Waals surface area contributed by atoms with Crippen LogP contribution >= 0.6 is 0 Å². The Bertz CT molecular complexity index is 443. The van der Waals surface area contributed by atoms with E-state index in [9.17, 15) is 5.11 Å². The third-order valence-electron chi connectivity index (χ3n) is 2.34. The second kappa shape index (κ2) is 2.80. The summed E-state index contributed by atoms with van der Waals surface area (Å²) in [6, 6.07) is 5.92. The number of aromatic nitrogens is 1. The normalized spacial score (nSPS) is 10.9. The number of rotatable bonds is 1. The predicted molar refractivity (Wildman–Crippen MR) is 54.1 cm³/mol. The van der Waals surface area contributed by atoms with Crippen molar-refractivity contribution in [3.8, 4) is 5.75 Å². The minimum Gasteiger partial charge on any atom is -0.508 e. The summed E-state index contributed by atoms with van der Waals surface area (Å²) < 4.78 is 0. The molecule has 0 amide bonds. The van der Waals surface area contributed by atoms with Crippen molar-refractivity contribution < 1.29 is 5.11 Å². The van der Waals surface area contributed by atoms with Crippen molar-refractivity contribution in [2.45, 2.75) is 20.3 Å². The van der Waals surface area contributed by atoms with Crippen LogP contribution in [0.5, 0.6) is 5.75 Å². The average Bonchev–Trinajstić information content (AvgIpc) is 2.42. The first kappa shape index (κ1) is 8.17. The number of hydrogen-bond acceptors (Lipinski definition) is 1. The Morgan fingerprint density at radius 2 is 2.08 bits per heavy atom. The van der Waals surface area contributed by atoms with Crippen LogP contribution in [-0.4, -0.2) is 10.1 Å². The number of aryl methyl sites for hydroxylation is 2. The highest BCUT2D eigenvalue weighted by atomic mass is 16.3. The van der Waals surface area contributed by atoms with Crippen molar-refractivity contribution in [3.05, 3.63) is 29.5 Å². The largest absolute Gasteiger partial charge is 0.508 e. The Morgan fingerprint density at radius 1 is 1.31 bits per heavy atom. The summed E-state index contributed by atoms with van der Waals surface area (Å²) in [6.45, 7) is 4.06. The number of H-pyrrole nitrogens is 1. The van der Waals surface area contributed by atoms with Gasteiger partial charge in [0.2, 0.25) is 0 Å². The van der Waals surface area contributed by atoms with Crippen molar-refractivity contribution in [2.75, 3.05) is 0 Å². The Balaban J connectivity index is 2.72. The lowest BCUT2D eigenvalue weighted by Gasteiger charge is -2.00. The molecule has 13 heavy (non-hydrogen) atoms. The second-order valence-electron chi connectivity index (χ2n) is 3.37. The number of fused-ring (bicyclic) bond motifs is 1. The third-order valence-corrected chi connectivity index (χ3v) is 2.34. The van der Waals surface area contributed by atoms with Crippen LogP contribution in [0, 0.1) is 6.92 Å². The van der Waals surface area contributed by atoms with Crippen LogP contribution in [0.1, 0.15) is 18.2 Å². The van der Waals surface area contributed by atoms with E-state index in [1.807, 2.05) is 19.9 Å². The molecule has 68 valence electrons. The molecule has 1 heterocycles. The van der Waals surface area contributed by atoms with E-state index >= 15 is 0 Å². The van der Waals surface area contributed by atoms with Crippen molar-refractivity contribution >= 4 is 10.9 Å². The van der Waals surface area contributed by atoms with Gasteiger partial charge in [0.25, 0.3) is 0 Å². The molecule has 1 aromatic heterocycles. The molecule has 0 saturated heterocycles. The zero-order valence-corrected chi connectivity index (χ0v) is 7.89. The van der Waals surface area contributed by atoms with Gasteiger partial charge in [0.1, 0.15) is 5.75 Å². The van der Waals surface area contributed by atoms with Gasteiger partial charge in [-0.3, -0.25) is 0 Å². The lowest BCUT2D eigenvalue weighted by atomic mass is 10.1. The zero-order valence-electron chi connectivity index (χ0n) is 7.89. The summed E-state index contributed by atoms with van der Waals surface area (Å²) in [4.78, 5) is 3.19. The van der Waals surface area contributed by atoms with Crippen molar-refractivity contribution in [1.82, 2.24) is 4.98 Å². The van der Waals surface area contributed by atoms with Gasteiger partial charge >= 0.3 is 0 Å². The Labute approximate surface area is 77.2 Å². The predicted octanol–water partition coefficient (Wildman–Crippen LogP) is 2.74. The highest BCUT2D eigenvalue weighted by Crippen LogP contribution is 2.25. The number of benzene rings is 1. The fourth-order valence-electron chi connectivity index (χ4n) is 1.64. The fourth-order valence-corrected chi connectivity index (χ4v) is 1.64. The summed E-state index contributed by atoms with van der Waals surface area (Å²) >= 11 is 0. The molecule has 2 aromatic rings. The van der Waals surface area contributed by atoms with Gasteiger partial charge in [0.05, 0.1) is 0 Å². The number of aromatic amines is 1. The Kier molecular flexibility index (Phi) is 1.76. The first-order chi connectivity index (χ1) is 6.20. The molecule has 0 unspecified atom stereocenters. The molecular formula is C11H13NO. The summed E-state index contributed by atoms with van der Waals surface area (Å²) in [7, 11) is 0. The number of hydrogen-bond donors (Lipinski definition) is 2.